The van der Waals surface area contributed by atoms with Crippen molar-refractivity contribution in [3.63, 3.8) is 0 Å². The quantitative estimate of drug-likeness (QED) is 0.739. The first-order chi connectivity index (χ1) is 11.2. The number of pyridine rings is 1. The second-order valence-electron chi connectivity index (χ2n) is 5.79. The van der Waals surface area contributed by atoms with Crippen LogP contribution in [-0.2, 0) is 15.3 Å². The molecule has 23 heavy (non-hydrogen) atoms. The number of hydrogen-bond acceptors (Lipinski definition) is 4. The van der Waals surface area contributed by atoms with E-state index in [0.29, 0.717) is 12.8 Å². The van der Waals surface area contributed by atoms with Gasteiger partial charge in [-0.05, 0) is 37.8 Å². The van der Waals surface area contributed by atoms with Gasteiger partial charge in [-0.1, -0.05) is 6.07 Å². The largest absolute Gasteiger partial charge is 0.481 e. The van der Waals surface area contributed by atoms with Crippen molar-refractivity contribution in [1.82, 2.24) is 9.88 Å². The van der Waals surface area contributed by atoms with Gasteiger partial charge in [0.05, 0.1) is 5.69 Å². The number of amides is 1. The van der Waals surface area contributed by atoms with E-state index < -0.39 is 5.97 Å². The average molecular weight is 336 g/mol. The maximum atomic E-state index is 12.4. The van der Waals surface area contributed by atoms with Crippen molar-refractivity contribution in [2.45, 2.75) is 50.3 Å². The molecular formula is C17H24N2O3S. The molecule has 1 N–H and O–H groups in total. The molecule has 1 unspecified atom stereocenters. The first-order valence-corrected chi connectivity index (χ1v) is 9.31. The van der Waals surface area contributed by atoms with Crippen molar-refractivity contribution < 1.29 is 14.7 Å². The third-order valence-corrected chi connectivity index (χ3v) is 5.07. The summed E-state index contributed by atoms with van der Waals surface area (Å²) in [6.07, 6.45) is 6.05. The zero-order chi connectivity index (χ0) is 16.5. The summed E-state index contributed by atoms with van der Waals surface area (Å²) in [7, 11) is 0. The van der Waals surface area contributed by atoms with Gasteiger partial charge in [-0.15, -0.1) is 0 Å². The van der Waals surface area contributed by atoms with Gasteiger partial charge >= 0.3 is 5.97 Å². The number of carboxylic acids is 1. The number of piperidine rings is 1. The second-order valence-corrected chi connectivity index (χ2v) is 6.90. The van der Waals surface area contributed by atoms with Gasteiger partial charge in [-0.25, -0.2) is 0 Å². The van der Waals surface area contributed by atoms with Crippen LogP contribution in [0.25, 0.3) is 0 Å². The fraction of sp³-hybridized carbons (Fsp3) is 0.588. The monoisotopic (exact) mass is 336 g/mol. The zero-order valence-corrected chi connectivity index (χ0v) is 14.1. The molecule has 1 aromatic heterocycles. The number of likely N-dealkylation sites (tertiary alicyclic amines) is 1. The summed E-state index contributed by atoms with van der Waals surface area (Å²) >= 11 is 1.71. The number of carboxylic acid groups (broad SMARTS) is 1. The highest BCUT2D eigenvalue weighted by atomic mass is 32.2. The van der Waals surface area contributed by atoms with Gasteiger partial charge in [-0.3, -0.25) is 14.6 Å². The summed E-state index contributed by atoms with van der Waals surface area (Å²) < 4.78 is 0. The Morgan fingerprint density at radius 1 is 1.30 bits per heavy atom. The minimum absolute atomic E-state index is 0.105. The Morgan fingerprint density at radius 3 is 2.91 bits per heavy atom. The Labute approximate surface area is 141 Å². The highest BCUT2D eigenvalue weighted by molar-refractivity contribution is 7.98. The number of aromatic nitrogens is 1. The SMILES string of the molecule is O=C(O)CCC1CCCCN1C(=O)CCSCc1ccccn1. The van der Waals surface area contributed by atoms with Gasteiger partial charge in [0.25, 0.3) is 0 Å². The smallest absolute Gasteiger partial charge is 0.303 e. The van der Waals surface area contributed by atoms with Crippen molar-refractivity contribution in [1.29, 1.82) is 0 Å². The molecule has 0 radical (unpaired) electrons. The number of thioether (sulfide) groups is 1. The van der Waals surface area contributed by atoms with E-state index in [0.717, 1.165) is 43.0 Å². The van der Waals surface area contributed by atoms with E-state index in [1.807, 2.05) is 23.1 Å². The van der Waals surface area contributed by atoms with Crippen LogP contribution in [0.4, 0.5) is 0 Å². The number of nitrogens with zero attached hydrogens (tertiary/aromatic N) is 2. The molecule has 1 saturated heterocycles. The van der Waals surface area contributed by atoms with E-state index in [-0.39, 0.29) is 18.4 Å². The fourth-order valence-corrected chi connectivity index (χ4v) is 3.73. The summed E-state index contributed by atoms with van der Waals surface area (Å²) in [4.78, 5) is 29.3. The van der Waals surface area contributed by atoms with Gasteiger partial charge < -0.3 is 10.0 Å². The Bertz CT molecular complexity index is 510. The maximum Gasteiger partial charge on any atom is 0.303 e. The van der Waals surface area contributed by atoms with Crippen LogP contribution in [0.15, 0.2) is 24.4 Å². The molecule has 1 atom stereocenters. The molecule has 6 heteroatoms. The summed E-state index contributed by atoms with van der Waals surface area (Å²) in [5.41, 5.74) is 1.03. The van der Waals surface area contributed by atoms with Crippen LogP contribution in [0.5, 0.6) is 0 Å². The number of carbonyl (C=O) groups is 2. The van der Waals surface area contributed by atoms with Crippen LogP contribution in [0, 0.1) is 0 Å². The van der Waals surface area contributed by atoms with Crippen molar-refractivity contribution in [3.05, 3.63) is 30.1 Å². The molecule has 1 amide bonds. The lowest BCUT2D eigenvalue weighted by Crippen LogP contribution is -2.44. The molecular weight excluding hydrogens is 312 g/mol. The molecule has 2 rings (SSSR count). The molecule has 0 spiro atoms. The van der Waals surface area contributed by atoms with Gasteiger partial charge in [0.2, 0.25) is 5.91 Å². The van der Waals surface area contributed by atoms with Crippen molar-refractivity contribution in [2.24, 2.45) is 0 Å². The van der Waals surface area contributed by atoms with Gasteiger partial charge in [0.1, 0.15) is 0 Å². The van der Waals surface area contributed by atoms with E-state index >= 15 is 0 Å². The van der Waals surface area contributed by atoms with E-state index in [1.165, 1.54) is 0 Å². The zero-order valence-electron chi connectivity index (χ0n) is 13.3. The van der Waals surface area contributed by atoms with E-state index in [2.05, 4.69) is 4.98 Å². The Kier molecular flexibility index (Phi) is 7.39. The average Bonchev–Trinajstić information content (AvgIpc) is 2.58. The predicted octanol–water partition coefficient (Wildman–Crippen LogP) is 2.95. The highest BCUT2D eigenvalue weighted by Crippen LogP contribution is 2.22. The summed E-state index contributed by atoms with van der Waals surface area (Å²) in [5.74, 6) is 0.969. The summed E-state index contributed by atoms with van der Waals surface area (Å²) in [6, 6.07) is 5.95. The molecule has 0 bridgehead atoms. The summed E-state index contributed by atoms with van der Waals surface area (Å²) in [6.45, 7) is 0.772. The van der Waals surface area contributed by atoms with E-state index in [9.17, 15) is 9.59 Å². The predicted molar refractivity (Wildman–Crippen MR) is 91.2 cm³/mol. The third-order valence-electron chi connectivity index (χ3n) is 4.08. The highest BCUT2D eigenvalue weighted by Gasteiger charge is 2.26. The fourth-order valence-electron chi connectivity index (χ4n) is 2.88. The van der Waals surface area contributed by atoms with Crippen molar-refractivity contribution >= 4 is 23.6 Å². The normalized spacial score (nSPS) is 17.9. The molecule has 0 aliphatic carbocycles. The Hall–Kier alpha value is -1.56. The minimum Gasteiger partial charge on any atom is -0.481 e. The van der Waals surface area contributed by atoms with Crippen molar-refractivity contribution in [3.8, 4) is 0 Å². The second kappa shape index (κ2) is 9.55. The summed E-state index contributed by atoms with van der Waals surface area (Å²) in [5, 5.41) is 8.84. The standard InChI is InChI=1S/C17H24N2O3S/c20-16(9-12-23-13-14-5-1-3-10-18-14)19-11-4-2-6-15(19)7-8-17(21)22/h1,3,5,10,15H,2,4,6-9,11-13H2,(H,21,22). The molecule has 5 nitrogen and oxygen atoms in total. The molecule has 1 aliphatic rings. The van der Waals surface area contributed by atoms with Crippen LogP contribution < -0.4 is 0 Å². The lowest BCUT2D eigenvalue weighted by Gasteiger charge is -2.35. The number of rotatable bonds is 8. The number of aliphatic carboxylic acids is 1. The molecule has 1 aliphatic heterocycles. The van der Waals surface area contributed by atoms with Gasteiger partial charge in [-0.2, -0.15) is 11.8 Å². The topological polar surface area (TPSA) is 70.5 Å². The van der Waals surface area contributed by atoms with Gasteiger partial charge in [0.15, 0.2) is 0 Å². The van der Waals surface area contributed by atoms with E-state index in [4.69, 9.17) is 5.11 Å². The van der Waals surface area contributed by atoms with Crippen LogP contribution in [0.3, 0.4) is 0 Å². The van der Waals surface area contributed by atoms with Crippen LogP contribution in [-0.4, -0.2) is 45.2 Å². The molecule has 126 valence electrons. The van der Waals surface area contributed by atoms with Crippen LogP contribution in [0.2, 0.25) is 0 Å². The lowest BCUT2D eigenvalue weighted by molar-refractivity contribution is -0.140. The Morgan fingerprint density at radius 2 is 2.17 bits per heavy atom. The first kappa shape index (κ1) is 17.8. The molecule has 1 aromatic rings. The molecule has 2 heterocycles. The molecule has 1 fully saturated rings. The minimum atomic E-state index is -0.783. The van der Waals surface area contributed by atoms with Crippen LogP contribution >= 0.6 is 11.8 Å². The van der Waals surface area contributed by atoms with Gasteiger partial charge in [0, 0.05) is 43.1 Å². The maximum absolute atomic E-state index is 12.4. The third kappa shape index (κ3) is 6.22. The lowest BCUT2D eigenvalue weighted by atomic mass is 9.97. The first-order valence-electron chi connectivity index (χ1n) is 8.15. The number of carbonyl (C=O) groups excluding carboxylic acids is 1. The number of hydrogen-bond donors (Lipinski definition) is 1. The molecule has 0 aromatic carbocycles. The van der Waals surface area contributed by atoms with E-state index in [1.54, 1.807) is 18.0 Å². The van der Waals surface area contributed by atoms with Crippen LogP contribution in [0.1, 0.15) is 44.2 Å². The Balaban J connectivity index is 1.73. The molecule has 0 saturated carbocycles. The van der Waals surface area contributed by atoms with Crippen molar-refractivity contribution in [2.75, 3.05) is 12.3 Å².